The second-order valence-corrected chi connectivity index (χ2v) is 8.07. The number of nitrogen functional groups attached to an aromatic ring is 1. The van der Waals surface area contributed by atoms with Gasteiger partial charge in [0.1, 0.15) is 11.0 Å². The molecular formula is C26H31N4+. The summed E-state index contributed by atoms with van der Waals surface area (Å²) < 4.78 is 2.34. The normalized spacial score (nSPS) is 11.4. The Labute approximate surface area is 179 Å². The summed E-state index contributed by atoms with van der Waals surface area (Å²) in [5, 5.41) is 0. The Morgan fingerprint density at radius 1 is 0.867 bits per heavy atom. The van der Waals surface area contributed by atoms with Gasteiger partial charge in [-0.1, -0.05) is 18.2 Å². The van der Waals surface area contributed by atoms with E-state index in [9.17, 15) is 0 Å². The number of hydrogen-bond acceptors (Lipinski definition) is 3. The van der Waals surface area contributed by atoms with Crippen molar-refractivity contribution in [3.8, 4) is 5.69 Å². The second-order valence-electron chi connectivity index (χ2n) is 8.07. The summed E-state index contributed by atoms with van der Waals surface area (Å²) in [5.41, 5.74) is 18.6. The molecule has 1 heterocycles. The minimum Gasteiger partial charge on any atom is -0.398 e. The van der Waals surface area contributed by atoms with Crippen LogP contribution in [0.25, 0.3) is 27.8 Å². The van der Waals surface area contributed by atoms with Crippen LogP contribution in [0.15, 0.2) is 42.5 Å². The quantitative estimate of drug-likeness (QED) is 0.287. The molecule has 0 saturated heterocycles. The van der Waals surface area contributed by atoms with Crippen molar-refractivity contribution in [1.29, 1.82) is 0 Å². The predicted octanol–water partition coefficient (Wildman–Crippen LogP) is 5.33. The number of nitrogens with zero attached hydrogens (tertiary/aromatic N) is 3. The first-order chi connectivity index (χ1) is 14.4. The van der Waals surface area contributed by atoms with Crippen molar-refractivity contribution in [2.45, 2.75) is 41.5 Å². The van der Waals surface area contributed by atoms with E-state index >= 15 is 0 Å². The molecule has 0 aliphatic rings. The number of fused-ring (bicyclic) bond motifs is 2. The lowest BCUT2D eigenvalue weighted by atomic mass is 10.0. The predicted molar refractivity (Wildman–Crippen MR) is 128 cm³/mol. The molecule has 0 unspecified atom stereocenters. The summed E-state index contributed by atoms with van der Waals surface area (Å²) in [6, 6.07) is 14.9. The van der Waals surface area contributed by atoms with Crippen LogP contribution in [0.2, 0.25) is 0 Å². The summed E-state index contributed by atoms with van der Waals surface area (Å²) >= 11 is 0. The molecule has 0 saturated carbocycles. The van der Waals surface area contributed by atoms with Gasteiger partial charge in [-0.3, -0.25) is 0 Å². The fourth-order valence-electron chi connectivity index (χ4n) is 4.47. The van der Waals surface area contributed by atoms with Gasteiger partial charge in [0.2, 0.25) is 16.7 Å². The Morgan fingerprint density at radius 2 is 1.53 bits per heavy atom. The van der Waals surface area contributed by atoms with Crippen molar-refractivity contribution < 1.29 is 4.57 Å². The molecule has 4 heteroatoms. The molecule has 0 bridgehead atoms. The third-order valence-electron chi connectivity index (χ3n) is 6.38. The van der Waals surface area contributed by atoms with E-state index in [-0.39, 0.29) is 0 Å². The maximum absolute atomic E-state index is 6.42. The Morgan fingerprint density at radius 3 is 2.17 bits per heavy atom. The van der Waals surface area contributed by atoms with Crippen molar-refractivity contribution in [3.05, 3.63) is 64.7 Å². The highest BCUT2D eigenvalue weighted by Crippen LogP contribution is 2.32. The minimum absolute atomic E-state index is 0.806. The summed E-state index contributed by atoms with van der Waals surface area (Å²) in [6.07, 6.45) is 0. The lowest BCUT2D eigenvalue weighted by molar-refractivity contribution is -0.538. The molecule has 4 nitrogen and oxygen atoms in total. The largest absolute Gasteiger partial charge is 0.398 e. The van der Waals surface area contributed by atoms with Crippen LogP contribution in [0.1, 0.15) is 36.1 Å². The average molecular weight is 400 g/mol. The van der Waals surface area contributed by atoms with E-state index < -0.39 is 0 Å². The first kappa shape index (κ1) is 20.1. The summed E-state index contributed by atoms with van der Waals surface area (Å²) in [5.74, 6) is 0. The van der Waals surface area contributed by atoms with E-state index in [4.69, 9.17) is 10.7 Å². The van der Waals surface area contributed by atoms with Crippen LogP contribution < -0.4 is 15.2 Å². The highest BCUT2D eigenvalue weighted by Gasteiger charge is 2.27. The Balaban J connectivity index is 2.28. The number of para-hydroxylation sites is 1. The van der Waals surface area contributed by atoms with Crippen molar-refractivity contribution in [2.75, 3.05) is 23.7 Å². The Kier molecular flexibility index (Phi) is 5.10. The molecule has 0 aliphatic carbocycles. The molecular weight excluding hydrogens is 368 g/mol. The maximum atomic E-state index is 6.42. The number of anilines is 2. The highest BCUT2D eigenvalue weighted by atomic mass is 15.1. The number of rotatable bonds is 4. The van der Waals surface area contributed by atoms with Gasteiger partial charge >= 0.3 is 0 Å². The van der Waals surface area contributed by atoms with E-state index in [0.717, 1.165) is 57.7 Å². The fraction of sp³-hybridized carbons (Fsp3) is 0.308. The second kappa shape index (κ2) is 7.60. The van der Waals surface area contributed by atoms with E-state index in [0.29, 0.717) is 0 Å². The molecule has 4 aromatic rings. The van der Waals surface area contributed by atoms with E-state index in [1.165, 1.54) is 16.8 Å². The minimum atomic E-state index is 0.806. The third kappa shape index (κ3) is 2.98. The average Bonchev–Trinajstić information content (AvgIpc) is 2.76. The van der Waals surface area contributed by atoms with Crippen molar-refractivity contribution in [2.24, 2.45) is 0 Å². The summed E-state index contributed by atoms with van der Waals surface area (Å²) in [7, 11) is 0. The SMILES string of the molecule is CCN(CC)c1cc(C)c2nc3c(C)c(C)c(N)cc3[n+](-c3ccccc3)c2c1C. The molecule has 0 radical (unpaired) electrons. The van der Waals surface area contributed by atoms with Gasteiger partial charge in [0.25, 0.3) is 0 Å². The van der Waals surface area contributed by atoms with Crippen LogP contribution in [0, 0.1) is 27.7 Å². The maximum Gasteiger partial charge on any atom is 0.242 e. The van der Waals surface area contributed by atoms with Gasteiger partial charge in [-0.2, -0.15) is 0 Å². The van der Waals surface area contributed by atoms with Gasteiger partial charge in [-0.25, -0.2) is 4.98 Å². The van der Waals surface area contributed by atoms with Crippen LogP contribution in [-0.2, 0) is 0 Å². The van der Waals surface area contributed by atoms with Crippen LogP contribution in [-0.4, -0.2) is 18.1 Å². The van der Waals surface area contributed by atoms with E-state index in [2.05, 4.69) is 93.5 Å². The zero-order chi connectivity index (χ0) is 21.6. The molecule has 3 aromatic carbocycles. The van der Waals surface area contributed by atoms with Crippen LogP contribution >= 0.6 is 0 Å². The number of aryl methyl sites for hydroxylation is 3. The monoisotopic (exact) mass is 399 g/mol. The third-order valence-corrected chi connectivity index (χ3v) is 6.38. The number of nitrogens with two attached hydrogens (primary N) is 1. The molecule has 2 N–H and O–H groups in total. The molecule has 30 heavy (non-hydrogen) atoms. The topological polar surface area (TPSA) is 46.0 Å². The van der Waals surface area contributed by atoms with Gasteiger partial charge in [-0.05, 0) is 64.3 Å². The molecule has 4 rings (SSSR count). The van der Waals surface area contributed by atoms with E-state index in [1.807, 2.05) is 0 Å². The van der Waals surface area contributed by atoms with Gasteiger partial charge < -0.3 is 10.6 Å². The first-order valence-corrected chi connectivity index (χ1v) is 10.7. The van der Waals surface area contributed by atoms with E-state index in [1.54, 1.807) is 0 Å². The van der Waals surface area contributed by atoms with Gasteiger partial charge in [0.05, 0.1) is 0 Å². The summed E-state index contributed by atoms with van der Waals surface area (Å²) in [4.78, 5) is 7.60. The van der Waals surface area contributed by atoms with Crippen LogP contribution in [0.5, 0.6) is 0 Å². The number of hydrogen-bond donors (Lipinski definition) is 1. The van der Waals surface area contributed by atoms with Crippen molar-refractivity contribution in [3.63, 3.8) is 0 Å². The summed E-state index contributed by atoms with van der Waals surface area (Å²) in [6.45, 7) is 14.9. The number of benzene rings is 3. The van der Waals surface area contributed by atoms with Crippen LogP contribution in [0.4, 0.5) is 11.4 Å². The zero-order valence-corrected chi connectivity index (χ0v) is 18.9. The molecule has 0 spiro atoms. The Bertz CT molecular complexity index is 1260. The van der Waals surface area contributed by atoms with Gasteiger partial charge in [-0.15, -0.1) is 4.57 Å². The van der Waals surface area contributed by atoms with Crippen LogP contribution in [0.3, 0.4) is 0 Å². The molecule has 0 atom stereocenters. The first-order valence-electron chi connectivity index (χ1n) is 10.7. The van der Waals surface area contributed by atoms with Crippen molar-refractivity contribution >= 4 is 33.4 Å². The zero-order valence-electron chi connectivity index (χ0n) is 18.9. The standard InChI is InChI=1S/C26H30N4/c1-7-29(8-2)22-14-16(3)24-26(19(22)6)30(20-12-10-9-11-13-20)23-15-21(27)17(4)18(5)25(23)28-24/h9-15,27H,7-8H2,1-6H3/p+1. The smallest absolute Gasteiger partial charge is 0.242 e. The molecule has 0 aliphatic heterocycles. The van der Waals surface area contributed by atoms with Crippen molar-refractivity contribution in [1.82, 2.24) is 4.98 Å². The molecule has 0 amide bonds. The van der Waals surface area contributed by atoms with Gasteiger partial charge in [0.15, 0.2) is 0 Å². The molecule has 0 fully saturated rings. The molecule has 1 aromatic heterocycles. The van der Waals surface area contributed by atoms with Gasteiger partial charge in [0, 0.05) is 48.2 Å². The number of aromatic nitrogens is 2. The fourth-order valence-corrected chi connectivity index (χ4v) is 4.47. The lowest BCUT2D eigenvalue weighted by Gasteiger charge is -2.24. The molecule has 154 valence electrons. The highest BCUT2D eigenvalue weighted by molar-refractivity contribution is 5.92. The Hall–Kier alpha value is -3.14. The lowest BCUT2D eigenvalue weighted by Crippen LogP contribution is -2.35.